The van der Waals surface area contributed by atoms with E-state index in [2.05, 4.69) is 122 Å². The first-order valence-electron chi connectivity index (χ1n) is 32.4. The smallest absolute Gasteiger partial charge is 0.0598 e. The Labute approximate surface area is 514 Å². The summed E-state index contributed by atoms with van der Waals surface area (Å²) in [5.74, 6) is 0.648. The quantitative estimate of drug-likeness (QED) is 0.0635. The van der Waals surface area contributed by atoms with Gasteiger partial charge in [0.05, 0.1) is 54.4 Å². The summed E-state index contributed by atoms with van der Waals surface area (Å²) in [5.41, 5.74) is 0.0503. The second-order valence-corrected chi connectivity index (χ2v) is 20.2. The summed E-state index contributed by atoms with van der Waals surface area (Å²) >= 11 is 0. The van der Waals surface area contributed by atoms with Crippen LogP contribution in [-0.4, -0.2) is 169 Å². The molecule has 0 aromatic carbocycles. The first-order valence-corrected chi connectivity index (χ1v) is 32.4. The van der Waals surface area contributed by atoms with E-state index in [1.807, 2.05) is 111 Å². The van der Waals surface area contributed by atoms with Crippen molar-refractivity contribution in [3.05, 3.63) is 0 Å². The van der Waals surface area contributed by atoms with Gasteiger partial charge < -0.3 is 61.6 Å². The minimum atomic E-state index is 0.0503. The Morgan fingerprint density at radius 2 is 0.667 bits per heavy atom. The Kier molecular flexibility index (Phi) is 153. The molecule has 0 aromatic heterocycles. The molecule has 0 radical (unpaired) electrons. The Balaban J connectivity index is -0.0000000564. The van der Waals surface area contributed by atoms with Crippen LogP contribution in [0.2, 0.25) is 0 Å². The molecule has 0 rings (SSSR count). The highest BCUT2D eigenvalue weighted by molar-refractivity contribution is 4.56. The van der Waals surface area contributed by atoms with Gasteiger partial charge in [-0.25, -0.2) is 0 Å². The predicted molar refractivity (Wildman–Crippen MR) is 362 cm³/mol. The standard InChI is InChI=1S/C7H16O.5C6H14O.4C5H12O.2C4H10O.C3H8O/c1-5-8-7(4)6(2)3;1-5-7-6(2,3)4;1-4-5-6(2)7-3;1-4-5-7-6(2)3;1-4-6(3)7-5-2;1-3-5-6-7-4-2;1-4-5(2)6-3;2*1-4-6-5(2)3;1-3-5-6-4-2;1-4(2)5-3;1-3-5-4-2;1-3-4-2/h6-7H,5H2,1-4H3;5H2,1-4H3;3*6H,4-5H2,1-3H3;3-6H2,1-2H3;3*5H,4H2,1-3H3;3-5H2,1-2H3;4H,1-3H3;3-4H2,1-2H3;3H2,1-2H3. The van der Waals surface area contributed by atoms with E-state index < -0.39 is 0 Å². The highest BCUT2D eigenvalue weighted by Gasteiger charge is 2.06. The Morgan fingerprint density at radius 3 is 0.765 bits per heavy atom. The van der Waals surface area contributed by atoms with Crippen LogP contribution in [0.1, 0.15) is 280 Å². The van der Waals surface area contributed by atoms with Gasteiger partial charge >= 0.3 is 0 Å². The molecule has 0 spiro atoms. The zero-order chi connectivity index (χ0) is 66.7. The molecule has 0 aromatic rings. The number of rotatable bonds is 30. The van der Waals surface area contributed by atoms with E-state index in [0.717, 1.165) is 112 Å². The van der Waals surface area contributed by atoms with Crippen molar-refractivity contribution in [1.29, 1.82) is 0 Å². The lowest BCUT2D eigenvalue weighted by atomic mass is 10.1. The van der Waals surface area contributed by atoms with Gasteiger partial charge in [-0.15, -0.1) is 0 Å². The Hall–Kier alpha value is -0.520. The number of hydrogen-bond acceptors (Lipinski definition) is 13. The molecule has 0 saturated carbocycles. The number of ether oxygens (including phenoxy) is 13. The van der Waals surface area contributed by atoms with Gasteiger partial charge in [-0.1, -0.05) is 68.2 Å². The first-order chi connectivity index (χ1) is 37.9. The highest BCUT2D eigenvalue weighted by atomic mass is 16.5. The van der Waals surface area contributed by atoms with Crippen LogP contribution in [-0.2, 0) is 61.6 Å². The number of unbranched alkanes of at least 4 members (excludes halogenated alkanes) is 1. The lowest BCUT2D eigenvalue weighted by molar-refractivity contribution is 0.00530. The molecule has 0 aliphatic heterocycles. The molecule has 81 heavy (non-hydrogen) atoms. The summed E-state index contributed by atoms with van der Waals surface area (Å²) in [4.78, 5) is 0. The van der Waals surface area contributed by atoms with Crippen LogP contribution in [0, 0.1) is 5.92 Å². The van der Waals surface area contributed by atoms with Crippen LogP contribution < -0.4 is 0 Å². The maximum absolute atomic E-state index is 5.30. The lowest BCUT2D eigenvalue weighted by Gasteiger charge is -2.17. The molecule has 4 atom stereocenters. The summed E-state index contributed by atoms with van der Waals surface area (Å²) in [7, 11) is 6.86. The number of hydrogen-bond donors (Lipinski definition) is 0. The second kappa shape index (κ2) is 111. The molecule has 0 bridgehead atoms. The number of methoxy groups -OCH3 is 4. The van der Waals surface area contributed by atoms with E-state index in [0.29, 0.717) is 54.7 Å². The van der Waals surface area contributed by atoms with Crippen LogP contribution in [0.5, 0.6) is 0 Å². The van der Waals surface area contributed by atoms with E-state index in [1.165, 1.54) is 25.7 Å². The molecule has 4 unspecified atom stereocenters. The normalized spacial score (nSPS) is 11.3. The van der Waals surface area contributed by atoms with Crippen LogP contribution >= 0.6 is 0 Å². The summed E-state index contributed by atoms with van der Waals surface area (Å²) in [6.45, 7) is 79.0. The van der Waals surface area contributed by atoms with Gasteiger partial charge in [0.25, 0.3) is 0 Å². The fourth-order valence-corrected chi connectivity index (χ4v) is 3.89. The average molecular weight is 1190 g/mol. The van der Waals surface area contributed by atoms with Gasteiger partial charge in [0, 0.05) is 114 Å². The van der Waals surface area contributed by atoms with Crippen LogP contribution in [0.15, 0.2) is 0 Å². The molecule has 13 nitrogen and oxygen atoms in total. The zero-order valence-corrected chi connectivity index (χ0v) is 62.9. The SMILES string of the molecule is CCC(C)OC.CCCC(C)OC.CCCCOCC.CCCOC(C)C.CCCOCC.CCOC.CCOC(C)(C)C.CCOC(C)C.CCOC(C)C.CCOC(C)C(C)C.CCOC(C)CC.CCOCC.COC(C)C. The van der Waals surface area contributed by atoms with Crippen molar-refractivity contribution >= 4 is 0 Å². The minimum Gasteiger partial charge on any atom is -0.385 e. The van der Waals surface area contributed by atoms with Gasteiger partial charge in [-0.05, 0) is 218 Å². The average Bonchev–Trinajstić information content (AvgIpc) is 3.41. The van der Waals surface area contributed by atoms with Crippen molar-refractivity contribution in [2.75, 3.05) is 114 Å². The van der Waals surface area contributed by atoms with Crippen molar-refractivity contribution in [3.8, 4) is 0 Å². The molecule has 0 saturated heterocycles. The summed E-state index contributed by atoms with van der Waals surface area (Å²) in [6, 6.07) is 0. The van der Waals surface area contributed by atoms with E-state index in [9.17, 15) is 0 Å². The molecule has 0 N–H and O–H groups in total. The fourth-order valence-electron chi connectivity index (χ4n) is 3.89. The van der Waals surface area contributed by atoms with Gasteiger partial charge in [0.1, 0.15) is 0 Å². The molecule has 13 heteroatoms. The van der Waals surface area contributed by atoms with E-state index in [-0.39, 0.29) is 5.60 Å². The second-order valence-electron chi connectivity index (χ2n) is 20.2. The molecule has 0 aliphatic rings. The van der Waals surface area contributed by atoms with Crippen LogP contribution in [0.25, 0.3) is 0 Å². The monoisotopic (exact) mass is 1190 g/mol. The third kappa shape index (κ3) is 221. The molecule has 0 heterocycles. The predicted octanol–water partition coefficient (Wildman–Crippen LogP) is 19.6. The maximum atomic E-state index is 5.30. The van der Waals surface area contributed by atoms with Gasteiger partial charge in [-0.2, -0.15) is 0 Å². The molecular weight excluding hydrogens is 1020 g/mol. The Bertz CT molecular complexity index is 807. The summed E-state index contributed by atoms with van der Waals surface area (Å²) in [5, 5.41) is 0. The Morgan fingerprint density at radius 1 is 0.309 bits per heavy atom. The van der Waals surface area contributed by atoms with Crippen molar-refractivity contribution in [2.45, 2.75) is 334 Å². The molecule has 0 fully saturated rings. The van der Waals surface area contributed by atoms with Crippen molar-refractivity contribution < 1.29 is 61.6 Å². The van der Waals surface area contributed by atoms with Crippen LogP contribution in [0.4, 0.5) is 0 Å². The third-order valence-corrected chi connectivity index (χ3v) is 9.27. The van der Waals surface area contributed by atoms with Gasteiger partial charge in [0.15, 0.2) is 0 Å². The molecule has 0 amide bonds. The molecule has 512 valence electrons. The van der Waals surface area contributed by atoms with Crippen molar-refractivity contribution in [3.63, 3.8) is 0 Å². The zero-order valence-electron chi connectivity index (χ0n) is 62.9. The van der Waals surface area contributed by atoms with Crippen LogP contribution in [0.3, 0.4) is 0 Å². The fraction of sp³-hybridized carbons (Fsp3) is 1.00. The van der Waals surface area contributed by atoms with E-state index in [4.69, 9.17) is 56.8 Å². The lowest BCUT2D eigenvalue weighted by Crippen LogP contribution is -2.18. The van der Waals surface area contributed by atoms with E-state index in [1.54, 1.807) is 28.4 Å². The third-order valence-electron chi connectivity index (χ3n) is 9.27. The molecule has 0 aliphatic carbocycles. The largest absolute Gasteiger partial charge is 0.385 e. The topological polar surface area (TPSA) is 120 Å². The minimum absolute atomic E-state index is 0.0503. The van der Waals surface area contributed by atoms with Gasteiger partial charge in [-0.3, -0.25) is 0 Å². The summed E-state index contributed by atoms with van der Waals surface area (Å²) in [6.07, 6.45) is 12.6. The van der Waals surface area contributed by atoms with E-state index >= 15 is 0 Å². The van der Waals surface area contributed by atoms with Crippen molar-refractivity contribution in [2.24, 2.45) is 5.92 Å². The molecular formula is C68H162O13. The van der Waals surface area contributed by atoms with Gasteiger partial charge in [0.2, 0.25) is 0 Å². The maximum Gasteiger partial charge on any atom is 0.0598 e. The first kappa shape index (κ1) is 112. The summed E-state index contributed by atoms with van der Waals surface area (Å²) < 4.78 is 65.1. The highest BCUT2D eigenvalue weighted by Crippen LogP contribution is 2.05. The van der Waals surface area contributed by atoms with Crippen molar-refractivity contribution in [1.82, 2.24) is 0 Å².